The van der Waals surface area contributed by atoms with Crippen molar-refractivity contribution >= 4 is 17.5 Å². The lowest BCUT2D eigenvalue weighted by Crippen LogP contribution is -2.40. The number of rotatable bonds is 5. The third-order valence-electron chi connectivity index (χ3n) is 3.79. The fourth-order valence-corrected chi connectivity index (χ4v) is 2.37. The topological polar surface area (TPSA) is 62.3 Å². The van der Waals surface area contributed by atoms with Crippen molar-refractivity contribution in [3.63, 3.8) is 0 Å². The zero-order chi connectivity index (χ0) is 21.8. The normalized spacial score (nSPS) is 11.8. The molecule has 0 atom stereocenters. The molecule has 2 aromatic rings. The molecule has 1 heterocycles. The van der Waals surface area contributed by atoms with Crippen molar-refractivity contribution in [1.29, 1.82) is 0 Å². The molecule has 29 heavy (non-hydrogen) atoms. The van der Waals surface area contributed by atoms with Gasteiger partial charge in [0.05, 0.1) is 5.56 Å². The fraction of sp³-hybridized carbons (Fsp3) is 0.278. The summed E-state index contributed by atoms with van der Waals surface area (Å²) < 4.78 is 75.4. The molecule has 0 saturated carbocycles. The predicted molar refractivity (Wildman–Crippen MR) is 90.8 cm³/mol. The van der Waals surface area contributed by atoms with E-state index < -0.39 is 29.9 Å². The second-order valence-corrected chi connectivity index (χ2v) is 5.90. The maximum Gasteiger partial charge on any atom is 0.471 e. The number of nitrogens with zero attached hydrogens (tertiary/aromatic N) is 2. The molecule has 0 bridgehead atoms. The lowest BCUT2D eigenvalue weighted by Gasteiger charge is -2.22. The first-order valence-electron chi connectivity index (χ1n) is 8.21. The van der Waals surface area contributed by atoms with E-state index in [9.17, 15) is 35.9 Å². The molecule has 5 nitrogen and oxygen atoms in total. The summed E-state index contributed by atoms with van der Waals surface area (Å²) in [6.07, 6.45) is -8.87. The number of carbonyl (C=O) groups excluding carboxylic acids is 2. The monoisotopic (exact) mass is 419 g/mol. The summed E-state index contributed by atoms with van der Waals surface area (Å²) in [5.74, 6) is -2.73. The highest BCUT2D eigenvalue weighted by molar-refractivity contribution is 6.04. The molecule has 1 aromatic heterocycles. The summed E-state index contributed by atoms with van der Waals surface area (Å²) in [6.45, 7) is 0.888. The van der Waals surface area contributed by atoms with Crippen LogP contribution in [0.5, 0.6) is 0 Å². The van der Waals surface area contributed by atoms with Crippen LogP contribution >= 0.6 is 0 Å². The van der Waals surface area contributed by atoms with Crippen molar-refractivity contribution in [3.8, 4) is 0 Å². The first kappa shape index (κ1) is 22.2. The van der Waals surface area contributed by atoms with E-state index in [4.69, 9.17) is 0 Å². The Balaban J connectivity index is 2.11. The number of hydrogen-bond donors (Lipinski definition) is 1. The average Bonchev–Trinajstić information content (AvgIpc) is 2.64. The van der Waals surface area contributed by atoms with Crippen molar-refractivity contribution in [2.45, 2.75) is 25.8 Å². The van der Waals surface area contributed by atoms with E-state index in [0.29, 0.717) is 16.5 Å². The van der Waals surface area contributed by atoms with E-state index in [1.807, 2.05) is 0 Å². The average molecular weight is 419 g/mol. The van der Waals surface area contributed by atoms with Gasteiger partial charge in [-0.15, -0.1) is 0 Å². The highest BCUT2D eigenvalue weighted by Gasteiger charge is 2.41. The molecule has 0 saturated heterocycles. The number of aromatic nitrogens is 1. The van der Waals surface area contributed by atoms with E-state index in [1.54, 1.807) is 0 Å². The van der Waals surface area contributed by atoms with Crippen LogP contribution in [0.2, 0.25) is 0 Å². The van der Waals surface area contributed by atoms with Gasteiger partial charge in [0.2, 0.25) is 0 Å². The minimum absolute atomic E-state index is 0.133. The second-order valence-electron chi connectivity index (χ2n) is 5.90. The Hall–Kier alpha value is -3.11. The van der Waals surface area contributed by atoms with Crippen molar-refractivity contribution in [1.82, 2.24) is 9.88 Å². The Morgan fingerprint density at radius 2 is 1.76 bits per heavy atom. The molecule has 0 aliphatic carbocycles. The molecule has 0 unspecified atom stereocenters. The maximum absolute atomic E-state index is 12.6. The molecule has 0 radical (unpaired) electrons. The Morgan fingerprint density at radius 3 is 2.28 bits per heavy atom. The minimum atomic E-state index is -5.00. The van der Waals surface area contributed by atoms with Crippen molar-refractivity contribution in [2.75, 3.05) is 11.9 Å². The zero-order valence-electron chi connectivity index (χ0n) is 14.9. The van der Waals surface area contributed by atoms with E-state index in [2.05, 4.69) is 10.3 Å². The molecule has 1 aromatic carbocycles. The van der Waals surface area contributed by atoms with E-state index >= 15 is 0 Å². The molecule has 11 heteroatoms. The molecule has 0 fully saturated rings. The van der Waals surface area contributed by atoms with Crippen LogP contribution in [0.15, 0.2) is 42.6 Å². The molecular formula is C18H15F6N3O2. The van der Waals surface area contributed by atoms with Gasteiger partial charge in [-0.3, -0.25) is 14.6 Å². The molecule has 1 N–H and O–H groups in total. The van der Waals surface area contributed by atoms with Gasteiger partial charge in [-0.2, -0.15) is 26.3 Å². The van der Waals surface area contributed by atoms with Gasteiger partial charge < -0.3 is 10.2 Å². The molecule has 0 spiro atoms. The van der Waals surface area contributed by atoms with E-state index in [0.717, 1.165) is 12.3 Å². The van der Waals surface area contributed by atoms with Crippen molar-refractivity contribution in [3.05, 3.63) is 59.4 Å². The van der Waals surface area contributed by atoms with Crippen LogP contribution < -0.4 is 5.32 Å². The first-order valence-corrected chi connectivity index (χ1v) is 8.21. The lowest BCUT2D eigenvalue weighted by molar-refractivity contribution is -0.185. The molecule has 0 aliphatic heterocycles. The zero-order valence-corrected chi connectivity index (χ0v) is 14.9. The molecule has 2 rings (SSSR count). The number of hydrogen-bond acceptors (Lipinski definition) is 3. The van der Waals surface area contributed by atoms with Gasteiger partial charge >= 0.3 is 18.3 Å². The van der Waals surface area contributed by atoms with Crippen LogP contribution in [0, 0.1) is 0 Å². The number of benzene rings is 1. The third-order valence-corrected chi connectivity index (χ3v) is 3.79. The molecule has 2 amide bonds. The number of carbonyl (C=O) groups is 2. The third kappa shape index (κ3) is 5.93. The van der Waals surface area contributed by atoms with Crippen LogP contribution in [0.25, 0.3) is 0 Å². The van der Waals surface area contributed by atoms with Gasteiger partial charge in [-0.25, -0.2) is 0 Å². The first-order chi connectivity index (χ1) is 13.4. The SMILES string of the molecule is CCN(Cc1cccc(NC(=O)c2ccc(C(F)(F)F)nc2)c1)C(=O)C(F)(F)F. The van der Waals surface area contributed by atoms with E-state index in [1.165, 1.54) is 31.2 Å². The maximum atomic E-state index is 12.6. The van der Waals surface area contributed by atoms with Gasteiger partial charge in [-0.05, 0) is 36.8 Å². The number of nitrogens with one attached hydrogen (secondary N) is 1. The number of alkyl halides is 6. The highest BCUT2D eigenvalue weighted by atomic mass is 19.4. The Morgan fingerprint density at radius 1 is 1.07 bits per heavy atom. The summed E-state index contributed by atoms with van der Waals surface area (Å²) in [4.78, 5) is 27.3. The standard InChI is InChI=1S/C18H15F6N3O2/c1-2-27(16(29)18(22,23)24)10-11-4-3-5-13(8-11)26-15(28)12-6-7-14(25-9-12)17(19,20)21/h3-9H,2,10H2,1H3,(H,26,28). The molecular weight excluding hydrogens is 404 g/mol. The summed E-state index contributed by atoms with van der Waals surface area (Å²) in [5.41, 5.74) is -0.758. The van der Waals surface area contributed by atoms with Crippen LogP contribution in [-0.2, 0) is 17.5 Å². The number of pyridine rings is 1. The number of anilines is 1. The number of amides is 2. The smallest absolute Gasteiger partial charge is 0.331 e. The van der Waals surface area contributed by atoms with Gasteiger partial charge in [0, 0.05) is 25.0 Å². The Labute approximate surface area is 161 Å². The van der Waals surface area contributed by atoms with Crippen LogP contribution in [0.4, 0.5) is 32.0 Å². The summed E-state index contributed by atoms with van der Waals surface area (Å²) >= 11 is 0. The highest BCUT2D eigenvalue weighted by Crippen LogP contribution is 2.27. The summed E-state index contributed by atoms with van der Waals surface area (Å²) in [7, 11) is 0. The Kier molecular flexibility index (Phi) is 6.50. The summed E-state index contributed by atoms with van der Waals surface area (Å²) in [6, 6.07) is 7.36. The largest absolute Gasteiger partial charge is 0.471 e. The van der Waals surface area contributed by atoms with Crippen LogP contribution in [-0.4, -0.2) is 34.4 Å². The van der Waals surface area contributed by atoms with Crippen LogP contribution in [0.1, 0.15) is 28.5 Å². The molecule has 0 aliphatic rings. The Bertz CT molecular complexity index is 878. The van der Waals surface area contributed by atoms with Gasteiger partial charge in [0.1, 0.15) is 5.69 Å². The van der Waals surface area contributed by atoms with Gasteiger partial charge in [0.15, 0.2) is 0 Å². The van der Waals surface area contributed by atoms with Crippen molar-refractivity contribution in [2.24, 2.45) is 0 Å². The second kappa shape index (κ2) is 8.50. The number of halogens is 6. The predicted octanol–water partition coefficient (Wildman–Crippen LogP) is 4.26. The quantitative estimate of drug-likeness (QED) is 0.737. The van der Waals surface area contributed by atoms with Crippen LogP contribution in [0.3, 0.4) is 0 Å². The van der Waals surface area contributed by atoms with Crippen molar-refractivity contribution < 1.29 is 35.9 Å². The minimum Gasteiger partial charge on any atom is -0.331 e. The lowest BCUT2D eigenvalue weighted by atomic mass is 10.1. The molecule has 156 valence electrons. The van der Waals surface area contributed by atoms with E-state index in [-0.39, 0.29) is 24.3 Å². The van der Waals surface area contributed by atoms with Gasteiger partial charge in [0.25, 0.3) is 5.91 Å². The summed E-state index contributed by atoms with van der Waals surface area (Å²) in [5, 5.41) is 2.42. The fourth-order valence-electron chi connectivity index (χ4n) is 2.37. The van der Waals surface area contributed by atoms with Gasteiger partial charge in [-0.1, -0.05) is 12.1 Å².